The third-order valence-electron chi connectivity index (χ3n) is 5.88. The summed E-state index contributed by atoms with van der Waals surface area (Å²) >= 11 is 0.707. The van der Waals surface area contributed by atoms with Crippen LogP contribution in [0.25, 0.3) is 10.4 Å². The van der Waals surface area contributed by atoms with Crippen LogP contribution in [0.3, 0.4) is 0 Å². The van der Waals surface area contributed by atoms with Crippen LogP contribution in [-0.4, -0.2) is 58.2 Å². The van der Waals surface area contributed by atoms with E-state index in [9.17, 15) is 31.5 Å². The van der Waals surface area contributed by atoms with E-state index >= 15 is 0 Å². The highest BCUT2D eigenvalue weighted by Gasteiger charge is 2.39. The summed E-state index contributed by atoms with van der Waals surface area (Å²) in [6, 6.07) is -1.26. The Bertz CT molecular complexity index is 1090. The second-order valence-corrected chi connectivity index (χ2v) is 9.36. The zero-order valence-electron chi connectivity index (χ0n) is 20.0. The number of likely N-dealkylation sites (tertiary alicyclic amines) is 1. The number of ether oxygens (including phenoxy) is 1. The highest BCUT2D eigenvalue weighted by Crippen LogP contribution is 2.39. The molecule has 1 amide bonds. The molecule has 1 N–H and O–H groups in total. The molecule has 1 saturated heterocycles. The Morgan fingerprint density at radius 1 is 1.28 bits per heavy atom. The molecule has 3 rings (SSSR count). The lowest BCUT2D eigenvalue weighted by atomic mass is 10.0. The first-order chi connectivity index (χ1) is 17.0. The lowest BCUT2D eigenvalue weighted by Gasteiger charge is -2.33. The van der Waals surface area contributed by atoms with Gasteiger partial charge in [0.2, 0.25) is 5.01 Å². The Labute approximate surface area is 209 Å². The number of alkyl halides is 5. The molecule has 7 nitrogen and oxygen atoms in total. The molecule has 2 aromatic rings. The van der Waals surface area contributed by atoms with Crippen molar-refractivity contribution in [3.8, 4) is 10.4 Å². The second-order valence-electron chi connectivity index (χ2n) is 8.36. The van der Waals surface area contributed by atoms with Gasteiger partial charge in [-0.05, 0) is 45.6 Å². The molecule has 0 aliphatic carbocycles. The smallest absolute Gasteiger partial charge is 0.408 e. The molecule has 1 fully saturated rings. The van der Waals surface area contributed by atoms with Gasteiger partial charge in [0.1, 0.15) is 17.6 Å². The van der Waals surface area contributed by atoms with Crippen molar-refractivity contribution in [2.24, 2.45) is 0 Å². The standard InChI is InChI=1S/C23H27F5N4O3S/c1-4-15(23(26,27)28)30-16-10-13(19(24)25)14(11-29-16)18-17(31-20(36-18)22(34)35-5-2)21(33)32-9-7-6-8-12(32)3/h10-12,15,19H,4-9H2,1-3H3,(H,29,30)/t12-,15?/m0/s1. The zero-order chi connectivity index (χ0) is 26.6. The van der Waals surface area contributed by atoms with Gasteiger partial charge < -0.3 is 15.0 Å². The SMILES string of the molecule is CCOC(=O)c1nc(C(=O)N2CCCC[C@@H]2C)c(-c2cnc(NC(CC)C(F)(F)F)cc2C(F)F)s1. The van der Waals surface area contributed by atoms with E-state index in [-0.39, 0.29) is 46.0 Å². The topological polar surface area (TPSA) is 84.4 Å². The number of nitrogens with one attached hydrogen (secondary N) is 1. The third-order valence-corrected chi connectivity index (χ3v) is 6.95. The van der Waals surface area contributed by atoms with Crippen LogP contribution in [0.1, 0.15) is 78.7 Å². The molecule has 2 aromatic heterocycles. The number of rotatable bonds is 8. The van der Waals surface area contributed by atoms with Gasteiger partial charge in [-0.3, -0.25) is 4.79 Å². The van der Waals surface area contributed by atoms with Crippen molar-refractivity contribution < 1.29 is 36.3 Å². The number of thiazole rings is 1. The van der Waals surface area contributed by atoms with Gasteiger partial charge in [-0.15, -0.1) is 11.3 Å². The van der Waals surface area contributed by atoms with Crippen molar-refractivity contribution in [3.63, 3.8) is 0 Å². The normalized spacial score (nSPS) is 17.2. The summed E-state index contributed by atoms with van der Waals surface area (Å²) in [7, 11) is 0. The van der Waals surface area contributed by atoms with Crippen molar-refractivity contribution in [1.82, 2.24) is 14.9 Å². The van der Waals surface area contributed by atoms with Crippen molar-refractivity contribution in [1.29, 1.82) is 0 Å². The zero-order valence-corrected chi connectivity index (χ0v) is 20.8. The fraction of sp³-hybridized carbons (Fsp3) is 0.565. The molecule has 198 valence electrons. The minimum absolute atomic E-state index is 0.0157. The summed E-state index contributed by atoms with van der Waals surface area (Å²) < 4.78 is 72.7. The summed E-state index contributed by atoms with van der Waals surface area (Å²) in [5.74, 6) is -1.71. The van der Waals surface area contributed by atoms with E-state index in [1.165, 1.54) is 6.92 Å². The van der Waals surface area contributed by atoms with Crippen LogP contribution in [0.15, 0.2) is 12.3 Å². The largest absolute Gasteiger partial charge is 0.461 e. The Hall–Kier alpha value is -2.83. The van der Waals surface area contributed by atoms with E-state index in [1.807, 2.05) is 6.92 Å². The van der Waals surface area contributed by atoms with Gasteiger partial charge in [0.25, 0.3) is 12.3 Å². The van der Waals surface area contributed by atoms with E-state index < -0.39 is 36.1 Å². The van der Waals surface area contributed by atoms with Gasteiger partial charge in [-0.1, -0.05) is 6.92 Å². The number of nitrogens with zero attached hydrogens (tertiary/aromatic N) is 3. The van der Waals surface area contributed by atoms with Crippen LogP contribution in [0.4, 0.5) is 27.8 Å². The molecular formula is C23H27F5N4O3S. The van der Waals surface area contributed by atoms with Crippen LogP contribution < -0.4 is 5.32 Å². The number of piperidine rings is 1. The Kier molecular flexibility index (Phi) is 8.85. The van der Waals surface area contributed by atoms with Crippen LogP contribution in [0.2, 0.25) is 0 Å². The van der Waals surface area contributed by atoms with Crippen molar-refractivity contribution in [2.75, 3.05) is 18.5 Å². The Morgan fingerprint density at radius 2 is 2.00 bits per heavy atom. The summed E-state index contributed by atoms with van der Waals surface area (Å²) in [6.45, 7) is 5.25. The molecule has 0 aromatic carbocycles. The number of amides is 1. The first-order valence-electron chi connectivity index (χ1n) is 11.6. The second kappa shape index (κ2) is 11.5. The van der Waals surface area contributed by atoms with E-state index in [1.54, 1.807) is 11.8 Å². The molecule has 0 spiro atoms. The van der Waals surface area contributed by atoms with Crippen molar-refractivity contribution in [2.45, 2.75) is 71.1 Å². The lowest BCUT2D eigenvalue weighted by molar-refractivity contribution is -0.142. The maximum Gasteiger partial charge on any atom is 0.408 e. The molecule has 0 radical (unpaired) electrons. The number of esters is 1. The summed E-state index contributed by atoms with van der Waals surface area (Å²) in [5.41, 5.74) is -1.01. The van der Waals surface area contributed by atoms with Crippen LogP contribution in [0, 0.1) is 0 Å². The van der Waals surface area contributed by atoms with Gasteiger partial charge >= 0.3 is 12.1 Å². The number of anilines is 1. The van der Waals surface area contributed by atoms with Crippen LogP contribution in [-0.2, 0) is 4.74 Å². The van der Waals surface area contributed by atoms with Gasteiger partial charge in [-0.25, -0.2) is 23.5 Å². The van der Waals surface area contributed by atoms with Crippen molar-refractivity contribution >= 4 is 29.0 Å². The Morgan fingerprint density at radius 3 is 2.58 bits per heavy atom. The predicted molar refractivity (Wildman–Crippen MR) is 124 cm³/mol. The minimum atomic E-state index is -4.60. The molecule has 1 aliphatic rings. The fourth-order valence-electron chi connectivity index (χ4n) is 3.98. The van der Waals surface area contributed by atoms with Crippen LogP contribution >= 0.6 is 11.3 Å². The van der Waals surface area contributed by atoms with Crippen molar-refractivity contribution in [3.05, 3.63) is 28.5 Å². The first-order valence-corrected chi connectivity index (χ1v) is 12.4. The number of aromatic nitrogens is 2. The molecule has 2 atom stereocenters. The molecule has 36 heavy (non-hydrogen) atoms. The molecule has 13 heteroatoms. The minimum Gasteiger partial charge on any atom is -0.461 e. The lowest BCUT2D eigenvalue weighted by Crippen LogP contribution is -2.42. The molecule has 1 unspecified atom stereocenters. The van der Waals surface area contributed by atoms with Gasteiger partial charge in [0.15, 0.2) is 0 Å². The molecule has 3 heterocycles. The maximum atomic E-state index is 14.1. The van der Waals surface area contributed by atoms with E-state index in [0.717, 1.165) is 31.5 Å². The number of halogens is 5. The van der Waals surface area contributed by atoms with E-state index in [4.69, 9.17) is 4.74 Å². The summed E-state index contributed by atoms with van der Waals surface area (Å²) in [6.07, 6.45) is -4.59. The first kappa shape index (κ1) is 27.8. The number of hydrogen-bond acceptors (Lipinski definition) is 7. The Balaban J connectivity index is 2.09. The average molecular weight is 535 g/mol. The predicted octanol–water partition coefficient (Wildman–Crippen LogP) is 6.09. The summed E-state index contributed by atoms with van der Waals surface area (Å²) in [4.78, 5) is 35.4. The van der Waals surface area contributed by atoms with Gasteiger partial charge in [-0.2, -0.15) is 13.2 Å². The maximum absolute atomic E-state index is 14.1. The summed E-state index contributed by atoms with van der Waals surface area (Å²) in [5, 5.41) is 1.96. The fourth-order valence-corrected chi connectivity index (χ4v) is 4.96. The van der Waals surface area contributed by atoms with Gasteiger partial charge in [0.05, 0.1) is 11.5 Å². The van der Waals surface area contributed by atoms with Gasteiger partial charge in [0, 0.05) is 29.9 Å². The third kappa shape index (κ3) is 6.11. The number of pyridine rings is 1. The quantitative estimate of drug-likeness (QED) is 0.326. The molecule has 1 aliphatic heterocycles. The molecule has 0 saturated carbocycles. The van der Waals surface area contributed by atoms with Crippen LogP contribution in [0.5, 0.6) is 0 Å². The number of hydrogen-bond donors (Lipinski definition) is 1. The molecular weight excluding hydrogens is 507 g/mol. The average Bonchev–Trinajstić information content (AvgIpc) is 3.27. The highest BCUT2D eigenvalue weighted by molar-refractivity contribution is 7.17. The monoisotopic (exact) mass is 534 g/mol. The van der Waals surface area contributed by atoms with E-state index in [0.29, 0.717) is 17.9 Å². The number of carbonyl (C=O) groups excluding carboxylic acids is 2. The van der Waals surface area contributed by atoms with E-state index in [2.05, 4.69) is 15.3 Å². The molecule has 0 bridgehead atoms. The highest BCUT2D eigenvalue weighted by atomic mass is 32.1. The number of carbonyl (C=O) groups is 2.